The summed E-state index contributed by atoms with van der Waals surface area (Å²) in [6, 6.07) is 5.68. The number of nitrogens with one attached hydrogen (secondary N) is 1. The highest BCUT2D eigenvalue weighted by molar-refractivity contribution is 5.91. The fraction of sp³-hybridized carbons (Fsp3) is 0.353. The minimum Gasteiger partial charge on any atom is -0.369 e. The lowest BCUT2D eigenvalue weighted by atomic mass is 10.1. The van der Waals surface area contributed by atoms with Gasteiger partial charge in [-0.25, -0.2) is 4.98 Å². The third-order valence-electron chi connectivity index (χ3n) is 4.04. The van der Waals surface area contributed by atoms with E-state index in [0.29, 0.717) is 17.7 Å². The molecular formula is C17H22N4O2. The molecule has 0 bridgehead atoms. The highest BCUT2D eigenvalue weighted by Gasteiger charge is 2.14. The van der Waals surface area contributed by atoms with Crippen LogP contribution in [0.2, 0.25) is 0 Å². The standard InChI is InChI=1S/C17H22N4O2/c1-5-13-12(4)16(23)21(17(18)20-13)9-15(22)19-14-8-6-7-10(2)11(14)3/h6-8H,5,9H2,1-4H3,(H2,18,20)(H,19,22). The van der Waals surface area contributed by atoms with Crippen molar-refractivity contribution >= 4 is 17.5 Å². The third-order valence-corrected chi connectivity index (χ3v) is 4.04. The summed E-state index contributed by atoms with van der Waals surface area (Å²) in [5.41, 5.74) is 9.57. The van der Waals surface area contributed by atoms with Crippen molar-refractivity contribution in [2.45, 2.75) is 40.7 Å². The zero-order valence-corrected chi connectivity index (χ0v) is 13.9. The van der Waals surface area contributed by atoms with Crippen LogP contribution in [-0.4, -0.2) is 15.5 Å². The van der Waals surface area contributed by atoms with E-state index in [2.05, 4.69) is 10.3 Å². The maximum absolute atomic E-state index is 12.3. The molecule has 23 heavy (non-hydrogen) atoms. The molecule has 0 aliphatic rings. The molecule has 1 amide bonds. The maximum atomic E-state index is 12.3. The molecule has 0 atom stereocenters. The SMILES string of the molecule is CCc1nc(N)n(CC(=O)Nc2cccc(C)c2C)c(=O)c1C. The van der Waals surface area contributed by atoms with Crippen LogP contribution in [0.25, 0.3) is 0 Å². The van der Waals surface area contributed by atoms with Crippen LogP contribution in [0.5, 0.6) is 0 Å². The molecule has 1 aromatic carbocycles. The average Bonchev–Trinajstić information content (AvgIpc) is 2.52. The predicted octanol–water partition coefficient (Wildman–Crippen LogP) is 1.95. The zero-order valence-electron chi connectivity index (χ0n) is 13.9. The van der Waals surface area contributed by atoms with Crippen LogP contribution in [0.3, 0.4) is 0 Å². The third kappa shape index (κ3) is 3.41. The van der Waals surface area contributed by atoms with Crippen LogP contribution < -0.4 is 16.6 Å². The molecular weight excluding hydrogens is 292 g/mol. The molecule has 2 aromatic rings. The molecule has 2 rings (SSSR count). The Hall–Kier alpha value is -2.63. The molecule has 0 radical (unpaired) electrons. The van der Waals surface area contributed by atoms with Gasteiger partial charge in [0.15, 0.2) is 0 Å². The van der Waals surface area contributed by atoms with Gasteiger partial charge in [0.2, 0.25) is 11.9 Å². The summed E-state index contributed by atoms with van der Waals surface area (Å²) in [5, 5.41) is 2.82. The van der Waals surface area contributed by atoms with E-state index >= 15 is 0 Å². The summed E-state index contributed by atoms with van der Waals surface area (Å²) in [6.07, 6.45) is 0.626. The summed E-state index contributed by atoms with van der Waals surface area (Å²) in [6.45, 7) is 7.37. The molecule has 3 N–H and O–H groups in total. The molecule has 0 saturated heterocycles. The summed E-state index contributed by atoms with van der Waals surface area (Å²) in [5.74, 6) is -0.244. The Morgan fingerprint density at radius 3 is 2.61 bits per heavy atom. The minimum absolute atomic E-state index is 0.0635. The number of carbonyl (C=O) groups is 1. The molecule has 0 fully saturated rings. The molecule has 122 valence electrons. The van der Waals surface area contributed by atoms with E-state index in [4.69, 9.17) is 5.73 Å². The normalized spacial score (nSPS) is 10.6. The molecule has 0 aliphatic heterocycles. The van der Waals surface area contributed by atoms with Gasteiger partial charge < -0.3 is 11.1 Å². The number of hydrogen-bond acceptors (Lipinski definition) is 4. The van der Waals surface area contributed by atoms with Gasteiger partial charge in [-0.3, -0.25) is 14.2 Å². The summed E-state index contributed by atoms with van der Waals surface area (Å²) >= 11 is 0. The minimum atomic E-state index is -0.307. The number of rotatable bonds is 4. The Labute approximate surface area is 135 Å². The van der Waals surface area contributed by atoms with Crippen LogP contribution in [0.1, 0.15) is 29.3 Å². The van der Waals surface area contributed by atoms with Gasteiger partial charge in [-0.05, 0) is 44.4 Å². The molecule has 0 aliphatic carbocycles. The van der Waals surface area contributed by atoms with E-state index in [9.17, 15) is 9.59 Å². The highest BCUT2D eigenvalue weighted by Crippen LogP contribution is 2.18. The monoisotopic (exact) mass is 314 g/mol. The number of nitrogens with two attached hydrogens (primary N) is 1. The number of anilines is 2. The van der Waals surface area contributed by atoms with E-state index in [-0.39, 0.29) is 24.0 Å². The second-order valence-corrected chi connectivity index (χ2v) is 5.58. The Morgan fingerprint density at radius 2 is 1.96 bits per heavy atom. The Balaban J connectivity index is 2.26. The first kappa shape index (κ1) is 16.7. The van der Waals surface area contributed by atoms with Crippen molar-refractivity contribution in [3.05, 3.63) is 50.9 Å². The van der Waals surface area contributed by atoms with E-state index < -0.39 is 0 Å². The molecule has 0 spiro atoms. The number of aryl methyl sites for hydroxylation is 2. The first-order chi connectivity index (χ1) is 10.8. The number of amides is 1. The largest absolute Gasteiger partial charge is 0.369 e. The Bertz CT molecular complexity index is 809. The molecule has 1 heterocycles. The molecule has 6 heteroatoms. The molecule has 1 aromatic heterocycles. The Morgan fingerprint density at radius 1 is 1.26 bits per heavy atom. The Kier molecular flexibility index (Phi) is 4.83. The van der Waals surface area contributed by atoms with Crippen molar-refractivity contribution in [2.75, 3.05) is 11.1 Å². The summed E-state index contributed by atoms with van der Waals surface area (Å²) in [4.78, 5) is 28.8. The first-order valence-electron chi connectivity index (χ1n) is 7.57. The topological polar surface area (TPSA) is 90.0 Å². The van der Waals surface area contributed by atoms with Crippen LogP contribution in [0.15, 0.2) is 23.0 Å². The van der Waals surface area contributed by atoms with Crippen molar-refractivity contribution in [2.24, 2.45) is 0 Å². The fourth-order valence-electron chi connectivity index (χ4n) is 2.43. The quantitative estimate of drug-likeness (QED) is 0.902. The lowest BCUT2D eigenvalue weighted by Crippen LogP contribution is -2.32. The summed E-state index contributed by atoms with van der Waals surface area (Å²) < 4.78 is 1.20. The van der Waals surface area contributed by atoms with Gasteiger partial charge in [0.05, 0.1) is 5.69 Å². The number of nitrogen functional groups attached to an aromatic ring is 1. The van der Waals surface area contributed by atoms with Crippen LogP contribution in [0.4, 0.5) is 11.6 Å². The number of nitrogens with zero attached hydrogens (tertiary/aromatic N) is 2. The van der Waals surface area contributed by atoms with Crippen molar-refractivity contribution in [1.29, 1.82) is 0 Å². The highest BCUT2D eigenvalue weighted by atomic mass is 16.2. The second-order valence-electron chi connectivity index (χ2n) is 5.58. The fourth-order valence-corrected chi connectivity index (χ4v) is 2.43. The van der Waals surface area contributed by atoms with Gasteiger partial charge in [-0.1, -0.05) is 19.1 Å². The van der Waals surface area contributed by atoms with Crippen LogP contribution >= 0.6 is 0 Å². The van der Waals surface area contributed by atoms with Gasteiger partial charge in [-0.2, -0.15) is 0 Å². The lowest BCUT2D eigenvalue weighted by molar-refractivity contribution is -0.116. The van der Waals surface area contributed by atoms with Crippen LogP contribution in [0, 0.1) is 20.8 Å². The van der Waals surface area contributed by atoms with Crippen molar-refractivity contribution in [3.63, 3.8) is 0 Å². The molecule has 0 saturated carbocycles. The van der Waals surface area contributed by atoms with E-state index in [1.807, 2.05) is 39.0 Å². The maximum Gasteiger partial charge on any atom is 0.258 e. The van der Waals surface area contributed by atoms with Crippen molar-refractivity contribution < 1.29 is 4.79 Å². The zero-order chi connectivity index (χ0) is 17.1. The van der Waals surface area contributed by atoms with Crippen molar-refractivity contribution in [1.82, 2.24) is 9.55 Å². The lowest BCUT2D eigenvalue weighted by Gasteiger charge is -2.14. The average molecular weight is 314 g/mol. The van der Waals surface area contributed by atoms with Crippen molar-refractivity contribution in [3.8, 4) is 0 Å². The first-order valence-corrected chi connectivity index (χ1v) is 7.57. The second kappa shape index (κ2) is 6.64. The van der Waals surface area contributed by atoms with Gasteiger partial charge in [0.1, 0.15) is 6.54 Å². The number of carbonyl (C=O) groups excluding carboxylic acids is 1. The number of benzene rings is 1. The predicted molar refractivity (Wildman–Crippen MR) is 91.6 cm³/mol. The van der Waals surface area contributed by atoms with E-state index in [1.165, 1.54) is 4.57 Å². The van der Waals surface area contributed by atoms with Crippen LogP contribution in [-0.2, 0) is 17.8 Å². The number of aromatic nitrogens is 2. The van der Waals surface area contributed by atoms with E-state index in [0.717, 1.165) is 16.8 Å². The smallest absolute Gasteiger partial charge is 0.258 e. The molecule has 0 unspecified atom stereocenters. The van der Waals surface area contributed by atoms with Gasteiger partial charge >= 0.3 is 0 Å². The van der Waals surface area contributed by atoms with Gasteiger partial charge in [-0.15, -0.1) is 0 Å². The van der Waals surface area contributed by atoms with Gasteiger partial charge in [0.25, 0.3) is 5.56 Å². The van der Waals surface area contributed by atoms with Gasteiger partial charge in [0, 0.05) is 11.3 Å². The summed E-state index contributed by atoms with van der Waals surface area (Å²) in [7, 11) is 0. The van der Waals surface area contributed by atoms with E-state index in [1.54, 1.807) is 6.92 Å². The molecule has 6 nitrogen and oxygen atoms in total. The number of hydrogen-bond donors (Lipinski definition) is 2.